The highest BCUT2D eigenvalue weighted by atomic mass is 35.5. The van der Waals surface area contributed by atoms with Crippen LogP contribution in [-0.2, 0) is 17.8 Å². The van der Waals surface area contributed by atoms with Crippen molar-refractivity contribution in [3.8, 4) is 0 Å². The first-order valence-electron chi connectivity index (χ1n) is 10.2. The van der Waals surface area contributed by atoms with Crippen LogP contribution in [0.15, 0.2) is 42.5 Å². The van der Waals surface area contributed by atoms with Gasteiger partial charge in [0.05, 0.1) is 15.3 Å². The Balaban J connectivity index is 1.28. The Morgan fingerprint density at radius 2 is 1.81 bits per heavy atom. The number of carbonyl (C=O) groups excluding carboxylic acids is 1. The molecule has 10 heteroatoms. The monoisotopic (exact) mass is 479 g/mol. The predicted octanol–water partition coefficient (Wildman–Crippen LogP) is 1.55. The minimum atomic E-state index is -1.45. The molecule has 0 saturated carbocycles. The van der Waals surface area contributed by atoms with Crippen LogP contribution in [0.25, 0.3) is 0 Å². The van der Waals surface area contributed by atoms with Crippen molar-refractivity contribution in [2.75, 3.05) is 26.2 Å². The van der Waals surface area contributed by atoms with Crippen LogP contribution >= 0.6 is 35.0 Å². The molecule has 2 aromatic rings. The van der Waals surface area contributed by atoms with Crippen molar-refractivity contribution < 1.29 is 14.8 Å². The van der Waals surface area contributed by atoms with Gasteiger partial charge in [-0.3, -0.25) is 14.6 Å². The molecule has 2 aliphatic heterocycles. The van der Waals surface area contributed by atoms with E-state index in [0.29, 0.717) is 21.9 Å². The Morgan fingerprint density at radius 3 is 2.52 bits per heavy atom. The summed E-state index contributed by atoms with van der Waals surface area (Å²) < 4.78 is 0. The number of hydrogen-bond acceptors (Lipinski definition) is 6. The Kier molecular flexibility index (Phi) is 7.49. The maximum absolute atomic E-state index is 12.5. The molecule has 0 radical (unpaired) electrons. The molecule has 1 amide bonds. The van der Waals surface area contributed by atoms with Crippen LogP contribution in [0.1, 0.15) is 11.1 Å². The molecule has 2 saturated heterocycles. The smallest absolute Gasteiger partial charge is 0.423 e. The molecule has 2 heterocycles. The predicted molar refractivity (Wildman–Crippen MR) is 127 cm³/mol. The van der Waals surface area contributed by atoms with Crippen molar-refractivity contribution in [1.82, 2.24) is 15.1 Å². The first-order chi connectivity index (χ1) is 14.9. The summed E-state index contributed by atoms with van der Waals surface area (Å²) >= 11 is 13.7. The summed E-state index contributed by atoms with van der Waals surface area (Å²) in [5, 5.41) is 22.7. The van der Waals surface area contributed by atoms with Crippen LogP contribution < -0.4 is 10.8 Å². The number of hydrogen-bond donors (Lipinski definition) is 3. The number of nitrogens with one attached hydrogen (secondary N) is 1. The fourth-order valence-corrected chi connectivity index (χ4v) is 5.61. The van der Waals surface area contributed by atoms with Crippen LogP contribution in [0.3, 0.4) is 0 Å². The number of benzene rings is 2. The maximum atomic E-state index is 12.5. The molecule has 6 nitrogen and oxygen atoms in total. The van der Waals surface area contributed by atoms with E-state index in [2.05, 4.69) is 15.1 Å². The van der Waals surface area contributed by atoms with E-state index in [-0.39, 0.29) is 16.7 Å². The number of carbonyl (C=O) groups is 1. The lowest BCUT2D eigenvalue weighted by Crippen LogP contribution is -2.52. The molecule has 2 unspecified atom stereocenters. The Morgan fingerprint density at radius 1 is 1.03 bits per heavy atom. The third-order valence-electron chi connectivity index (χ3n) is 5.65. The quantitative estimate of drug-likeness (QED) is 0.546. The van der Waals surface area contributed by atoms with E-state index < -0.39 is 7.12 Å². The molecule has 0 spiro atoms. The lowest BCUT2D eigenvalue weighted by atomic mass is 9.79. The van der Waals surface area contributed by atoms with Crippen molar-refractivity contribution in [2.24, 2.45) is 0 Å². The van der Waals surface area contributed by atoms with E-state index >= 15 is 0 Å². The average Bonchev–Trinajstić information content (AvgIpc) is 3.11. The molecule has 2 atom stereocenters. The zero-order valence-corrected chi connectivity index (χ0v) is 19.2. The highest BCUT2D eigenvalue weighted by molar-refractivity contribution is 8.01. The third kappa shape index (κ3) is 5.76. The highest BCUT2D eigenvalue weighted by Crippen LogP contribution is 2.31. The Bertz CT molecular complexity index is 944. The van der Waals surface area contributed by atoms with Gasteiger partial charge in [-0.1, -0.05) is 53.5 Å². The van der Waals surface area contributed by atoms with E-state index in [1.165, 1.54) is 0 Å². The van der Waals surface area contributed by atoms with Gasteiger partial charge in [0.2, 0.25) is 5.91 Å². The zero-order valence-electron chi connectivity index (χ0n) is 16.9. The van der Waals surface area contributed by atoms with Crippen LogP contribution in [0.5, 0.6) is 0 Å². The minimum absolute atomic E-state index is 0.0183. The topological polar surface area (TPSA) is 76.0 Å². The summed E-state index contributed by atoms with van der Waals surface area (Å²) in [6.45, 7) is 4.25. The average molecular weight is 480 g/mol. The molecule has 0 bridgehead atoms. The minimum Gasteiger partial charge on any atom is -0.423 e. The van der Waals surface area contributed by atoms with Gasteiger partial charge in [0.15, 0.2) is 0 Å². The summed E-state index contributed by atoms with van der Waals surface area (Å²) in [4.78, 5) is 17.2. The lowest BCUT2D eigenvalue weighted by Gasteiger charge is -2.37. The van der Waals surface area contributed by atoms with Crippen molar-refractivity contribution >= 4 is 53.5 Å². The normalized spacial score (nSPS) is 22.5. The van der Waals surface area contributed by atoms with Gasteiger partial charge in [-0.05, 0) is 35.1 Å². The van der Waals surface area contributed by atoms with E-state index in [0.717, 1.165) is 43.9 Å². The number of piperazine rings is 1. The van der Waals surface area contributed by atoms with E-state index in [9.17, 15) is 14.8 Å². The second-order valence-electron chi connectivity index (χ2n) is 7.87. The second-order valence-corrected chi connectivity index (χ2v) is 9.97. The first kappa shape index (κ1) is 22.9. The fraction of sp³-hybridized carbons (Fsp3) is 0.381. The van der Waals surface area contributed by atoms with Gasteiger partial charge in [-0.2, -0.15) is 0 Å². The van der Waals surface area contributed by atoms with Gasteiger partial charge in [0.25, 0.3) is 0 Å². The standard InChI is InChI=1S/C21H24BCl2N3O3S/c23-17-5-4-14(11-18(17)24)12-19-20(28)25-21(31-19)27-8-6-26(7-9-27)13-15-2-1-3-16(10-15)22(29)30/h1-5,10-11,19,21,29-30H,6-9,12-13H2,(H,25,28). The molecular weight excluding hydrogens is 456 g/mol. The Labute approximate surface area is 196 Å². The largest absolute Gasteiger partial charge is 0.488 e. The number of halogens is 2. The van der Waals surface area contributed by atoms with E-state index in [4.69, 9.17) is 23.2 Å². The van der Waals surface area contributed by atoms with Gasteiger partial charge in [0.1, 0.15) is 5.50 Å². The van der Waals surface area contributed by atoms with Crippen LogP contribution in [0.4, 0.5) is 0 Å². The molecule has 0 aliphatic carbocycles. The molecule has 2 fully saturated rings. The molecule has 2 aromatic carbocycles. The number of nitrogens with zero attached hydrogens (tertiary/aromatic N) is 2. The maximum Gasteiger partial charge on any atom is 0.488 e. The van der Waals surface area contributed by atoms with Gasteiger partial charge in [-0.25, -0.2) is 0 Å². The van der Waals surface area contributed by atoms with E-state index in [1.54, 1.807) is 23.9 Å². The van der Waals surface area contributed by atoms with Crippen LogP contribution in [-0.4, -0.2) is 69.8 Å². The van der Waals surface area contributed by atoms with Crippen molar-refractivity contribution in [1.29, 1.82) is 0 Å². The third-order valence-corrected chi connectivity index (χ3v) is 7.77. The van der Waals surface area contributed by atoms with Gasteiger partial charge in [-0.15, -0.1) is 11.8 Å². The summed E-state index contributed by atoms with van der Waals surface area (Å²) in [5.74, 6) is 0.0582. The highest BCUT2D eigenvalue weighted by Gasteiger charge is 2.37. The summed E-state index contributed by atoms with van der Waals surface area (Å²) in [6.07, 6.45) is 0.622. The SMILES string of the molecule is O=C1NC(N2CCN(Cc3cccc(B(O)O)c3)CC2)SC1Cc1ccc(Cl)c(Cl)c1. The lowest BCUT2D eigenvalue weighted by molar-refractivity contribution is -0.120. The summed E-state index contributed by atoms with van der Waals surface area (Å²) in [7, 11) is -1.45. The van der Waals surface area contributed by atoms with Crippen molar-refractivity contribution in [3.63, 3.8) is 0 Å². The molecular formula is C21H24BCl2N3O3S. The van der Waals surface area contributed by atoms with Crippen LogP contribution in [0, 0.1) is 0 Å². The van der Waals surface area contributed by atoms with Gasteiger partial charge >= 0.3 is 7.12 Å². The van der Waals surface area contributed by atoms with Gasteiger partial charge < -0.3 is 15.4 Å². The molecule has 2 aliphatic rings. The zero-order chi connectivity index (χ0) is 22.0. The molecule has 3 N–H and O–H groups in total. The number of amides is 1. The van der Waals surface area contributed by atoms with Crippen LogP contribution in [0.2, 0.25) is 10.0 Å². The fourth-order valence-electron chi connectivity index (χ4n) is 3.93. The summed E-state index contributed by atoms with van der Waals surface area (Å²) in [5.41, 5.74) is 2.55. The molecule has 4 rings (SSSR count). The first-order valence-corrected chi connectivity index (χ1v) is 11.9. The number of thioether (sulfide) groups is 1. The van der Waals surface area contributed by atoms with E-state index in [1.807, 2.05) is 30.3 Å². The molecule has 0 aromatic heterocycles. The van der Waals surface area contributed by atoms with Crippen molar-refractivity contribution in [2.45, 2.75) is 23.7 Å². The van der Waals surface area contributed by atoms with Gasteiger partial charge in [0, 0.05) is 32.7 Å². The Hall–Kier alpha value is -1.26. The van der Waals surface area contributed by atoms with Crippen molar-refractivity contribution in [3.05, 3.63) is 63.6 Å². The number of rotatable bonds is 6. The molecule has 164 valence electrons. The summed E-state index contributed by atoms with van der Waals surface area (Å²) in [6, 6.07) is 12.9. The molecule has 31 heavy (non-hydrogen) atoms. The second kappa shape index (κ2) is 10.1.